The summed E-state index contributed by atoms with van der Waals surface area (Å²) in [5, 5.41) is 9.98. The molecule has 0 unspecified atom stereocenters. The molecule has 0 aliphatic rings. The highest BCUT2D eigenvalue weighted by Gasteiger charge is 2.14. The van der Waals surface area contributed by atoms with E-state index in [0.29, 0.717) is 0 Å². The first kappa shape index (κ1) is 18.3. The summed E-state index contributed by atoms with van der Waals surface area (Å²) in [4.78, 5) is 0. The van der Waals surface area contributed by atoms with Crippen molar-refractivity contribution >= 4 is 35.6 Å². The first-order chi connectivity index (χ1) is 13.9. The molecule has 0 amide bonds. The van der Waals surface area contributed by atoms with Gasteiger partial charge >= 0.3 is 0 Å². The van der Waals surface area contributed by atoms with Crippen LogP contribution in [-0.2, 0) is 0 Å². The van der Waals surface area contributed by atoms with E-state index in [4.69, 9.17) is 0 Å². The van der Waals surface area contributed by atoms with Crippen molar-refractivity contribution < 1.29 is 0 Å². The predicted octanol–water partition coefficient (Wildman–Crippen LogP) is 5.93. The van der Waals surface area contributed by atoms with Crippen LogP contribution in [-0.4, -0.2) is 6.29 Å². The number of para-hydroxylation sites is 3. The molecule has 0 aliphatic carbocycles. The molecule has 4 aromatic rings. The molecule has 0 saturated carbocycles. The Bertz CT molecular complexity index is 949. The molecule has 3 heteroatoms. The maximum atomic E-state index is 3.70. The monoisotopic (exact) mass is 382 g/mol. The summed E-state index contributed by atoms with van der Waals surface area (Å²) in [6.07, 6.45) is 0.886. The lowest BCUT2D eigenvalue weighted by Crippen LogP contribution is -2.18. The molecular weight excluding hydrogens is 359 g/mol. The summed E-state index contributed by atoms with van der Waals surface area (Å²) in [5.74, 6) is 0. The normalized spacial score (nSPS) is 10.6. The summed E-state index contributed by atoms with van der Waals surface area (Å²) in [5.41, 5.74) is 3.29. The van der Waals surface area contributed by atoms with Crippen LogP contribution in [0.2, 0.25) is 0 Å². The van der Waals surface area contributed by atoms with Gasteiger partial charge in [0.25, 0.3) is 0 Å². The van der Waals surface area contributed by atoms with E-state index in [1.54, 1.807) is 0 Å². The maximum absolute atomic E-state index is 3.70. The standard InChI is InChI=1S/C25H23N2P/c1-4-12-21(13-5-1)27-25-19-11-10-18-24(25)26-20-28(22-14-6-2-7-15-22)23-16-8-3-9-17-23/h1-19,26-27H,20H2. The summed E-state index contributed by atoms with van der Waals surface area (Å²) >= 11 is 0. The molecule has 2 nitrogen and oxygen atoms in total. The quantitative estimate of drug-likeness (QED) is 0.387. The third kappa shape index (κ3) is 4.60. The van der Waals surface area contributed by atoms with E-state index < -0.39 is 7.92 Å². The highest BCUT2D eigenvalue weighted by Crippen LogP contribution is 2.35. The average Bonchev–Trinajstić information content (AvgIpc) is 2.77. The van der Waals surface area contributed by atoms with E-state index in [1.807, 2.05) is 18.2 Å². The van der Waals surface area contributed by atoms with Crippen LogP contribution in [0.15, 0.2) is 115 Å². The highest BCUT2D eigenvalue weighted by molar-refractivity contribution is 7.73. The second-order valence-electron chi connectivity index (χ2n) is 6.47. The van der Waals surface area contributed by atoms with Crippen molar-refractivity contribution in [1.29, 1.82) is 0 Å². The predicted molar refractivity (Wildman–Crippen MR) is 124 cm³/mol. The molecule has 0 bridgehead atoms. The summed E-state index contributed by atoms with van der Waals surface area (Å²) < 4.78 is 0. The van der Waals surface area contributed by atoms with Gasteiger partial charge in [-0.25, -0.2) is 0 Å². The minimum atomic E-state index is -0.485. The van der Waals surface area contributed by atoms with Crippen molar-refractivity contribution in [1.82, 2.24) is 0 Å². The Balaban J connectivity index is 1.56. The van der Waals surface area contributed by atoms with Crippen molar-refractivity contribution in [2.75, 3.05) is 16.9 Å². The topological polar surface area (TPSA) is 24.1 Å². The van der Waals surface area contributed by atoms with E-state index >= 15 is 0 Å². The third-order valence-corrected chi connectivity index (χ3v) is 6.86. The second kappa shape index (κ2) is 9.21. The Morgan fingerprint density at radius 1 is 0.500 bits per heavy atom. The molecule has 4 aromatic carbocycles. The largest absolute Gasteiger partial charge is 0.379 e. The molecule has 0 saturated heterocycles. The van der Waals surface area contributed by atoms with Crippen LogP contribution in [0.4, 0.5) is 17.1 Å². The number of nitrogens with one attached hydrogen (secondary N) is 2. The van der Waals surface area contributed by atoms with Crippen molar-refractivity contribution in [2.24, 2.45) is 0 Å². The van der Waals surface area contributed by atoms with Crippen LogP contribution in [0.25, 0.3) is 0 Å². The Kier molecular flexibility index (Phi) is 6.01. The molecule has 2 N–H and O–H groups in total. The summed E-state index contributed by atoms with van der Waals surface area (Å²) in [6, 6.07) is 40.2. The number of hydrogen-bond donors (Lipinski definition) is 2. The van der Waals surface area contributed by atoms with E-state index in [2.05, 4.69) is 108 Å². The van der Waals surface area contributed by atoms with Gasteiger partial charge in [0.1, 0.15) is 0 Å². The van der Waals surface area contributed by atoms with E-state index in [-0.39, 0.29) is 0 Å². The molecule has 0 heterocycles. The minimum absolute atomic E-state index is 0.485. The zero-order valence-electron chi connectivity index (χ0n) is 15.6. The fraction of sp³-hybridized carbons (Fsp3) is 0.0400. The fourth-order valence-electron chi connectivity index (χ4n) is 3.14. The third-order valence-electron chi connectivity index (χ3n) is 4.54. The molecule has 0 atom stereocenters. The molecule has 0 aromatic heterocycles. The summed E-state index contributed by atoms with van der Waals surface area (Å²) in [7, 11) is -0.485. The van der Waals surface area contributed by atoms with Gasteiger partial charge in [0.15, 0.2) is 0 Å². The smallest absolute Gasteiger partial charge is 0.0620 e. The molecule has 28 heavy (non-hydrogen) atoms. The number of rotatable bonds is 7. The van der Waals surface area contributed by atoms with Gasteiger partial charge in [0, 0.05) is 12.0 Å². The zero-order chi connectivity index (χ0) is 19.0. The van der Waals surface area contributed by atoms with Gasteiger partial charge in [-0.1, -0.05) is 91.0 Å². The van der Waals surface area contributed by atoms with Crippen LogP contribution < -0.4 is 21.2 Å². The van der Waals surface area contributed by atoms with Crippen molar-refractivity contribution in [3.63, 3.8) is 0 Å². The van der Waals surface area contributed by atoms with Crippen LogP contribution >= 0.6 is 7.92 Å². The van der Waals surface area contributed by atoms with Crippen molar-refractivity contribution in [2.45, 2.75) is 0 Å². The van der Waals surface area contributed by atoms with Crippen LogP contribution in [0.5, 0.6) is 0 Å². The van der Waals surface area contributed by atoms with Gasteiger partial charge < -0.3 is 10.6 Å². The molecule has 0 fully saturated rings. The van der Waals surface area contributed by atoms with Gasteiger partial charge in [0.05, 0.1) is 11.4 Å². The number of hydrogen-bond acceptors (Lipinski definition) is 2. The molecule has 0 aliphatic heterocycles. The Morgan fingerprint density at radius 2 is 0.964 bits per heavy atom. The lowest BCUT2D eigenvalue weighted by molar-refractivity contribution is 1.43. The van der Waals surface area contributed by atoms with Gasteiger partial charge in [-0.15, -0.1) is 0 Å². The first-order valence-corrected chi connectivity index (χ1v) is 11.0. The van der Waals surface area contributed by atoms with Crippen molar-refractivity contribution in [3.8, 4) is 0 Å². The Labute approximate surface area is 168 Å². The highest BCUT2D eigenvalue weighted by atomic mass is 31.1. The van der Waals surface area contributed by atoms with Crippen LogP contribution in [0.1, 0.15) is 0 Å². The van der Waals surface area contributed by atoms with E-state index in [1.165, 1.54) is 10.6 Å². The van der Waals surface area contributed by atoms with Gasteiger partial charge in [-0.05, 0) is 42.8 Å². The van der Waals surface area contributed by atoms with Gasteiger partial charge in [0.2, 0.25) is 0 Å². The first-order valence-electron chi connectivity index (χ1n) is 9.43. The number of anilines is 3. The molecule has 0 spiro atoms. The fourth-order valence-corrected chi connectivity index (χ4v) is 5.19. The Morgan fingerprint density at radius 3 is 1.54 bits per heavy atom. The zero-order valence-corrected chi connectivity index (χ0v) is 16.5. The molecule has 138 valence electrons. The van der Waals surface area contributed by atoms with Crippen LogP contribution in [0, 0.1) is 0 Å². The lowest BCUT2D eigenvalue weighted by atomic mass is 10.2. The minimum Gasteiger partial charge on any atom is -0.379 e. The van der Waals surface area contributed by atoms with Gasteiger partial charge in [-0.3, -0.25) is 0 Å². The number of benzene rings is 4. The van der Waals surface area contributed by atoms with E-state index in [9.17, 15) is 0 Å². The van der Waals surface area contributed by atoms with Gasteiger partial charge in [-0.2, -0.15) is 0 Å². The van der Waals surface area contributed by atoms with Crippen molar-refractivity contribution in [3.05, 3.63) is 115 Å². The van der Waals surface area contributed by atoms with E-state index in [0.717, 1.165) is 23.3 Å². The Hall–Kier alpha value is -3.09. The molecular formula is C25H23N2P. The maximum Gasteiger partial charge on any atom is 0.0620 e. The summed E-state index contributed by atoms with van der Waals surface area (Å²) in [6.45, 7) is 0. The molecule has 4 rings (SSSR count). The molecule has 0 radical (unpaired) electrons. The second-order valence-corrected chi connectivity index (χ2v) is 8.68. The average molecular weight is 382 g/mol. The lowest BCUT2D eigenvalue weighted by Gasteiger charge is -2.21. The SMILES string of the molecule is c1ccc(Nc2ccccc2NCP(c2ccccc2)c2ccccc2)cc1. The van der Waals surface area contributed by atoms with Crippen LogP contribution in [0.3, 0.4) is 0 Å².